The standard InChI is InChI=1S/C13H20N2O4S2/c1-3-19-13(16)10-15(2)21(17,18)9-8-20-12-7-5-4-6-11(12)14/h4-7H,3,8-10,14H2,1-2H3. The van der Waals surface area contributed by atoms with Crippen LogP contribution in [0.4, 0.5) is 5.69 Å². The normalized spacial score (nSPS) is 11.6. The van der Waals surface area contributed by atoms with Crippen LogP contribution >= 0.6 is 11.8 Å². The average Bonchev–Trinajstić information content (AvgIpc) is 2.41. The summed E-state index contributed by atoms with van der Waals surface area (Å²) in [5.41, 5.74) is 6.41. The van der Waals surface area contributed by atoms with Gasteiger partial charge in [-0.15, -0.1) is 11.8 Å². The Hall–Kier alpha value is -1.25. The largest absolute Gasteiger partial charge is 0.465 e. The number of carbonyl (C=O) groups is 1. The molecule has 2 N–H and O–H groups in total. The van der Waals surface area contributed by atoms with Gasteiger partial charge in [0.1, 0.15) is 6.54 Å². The first-order chi connectivity index (χ1) is 9.86. The minimum Gasteiger partial charge on any atom is -0.465 e. The number of nitrogens with two attached hydrogens (primary N) is 1. The van der Waals surface area contributed by atoms with Crippen molar-refractivity contribution in [1.29, 1.82) is 0 Å². The molecule has 0 saturated carbocycles. The molecule has 1 rings (SSSR count). The Morgan fingerprint density at radius 1 is 1.38 bits per heavy atom. The van der Waals surface area contributed by atoms with Crippen LogP contribution in [-0.4, -0.2) is 50.4 Å². The zero-order valence-electron chi connectivity index (χ0n) is 12.1. The molecule has 0 atom stereocenters. The maximum absolute atomic E-state index is 12.0. The molecule has 0 aliphatic carbocycles. The summed E-state index contributed by atoms with van der Waals surface area (Å²) >= 11 is 1.37. The predicted molar refractivity (Wildman–Crippen MR) is 84.6 cm³/mol. The average molecular weight is 332 g/mol. The second-order valence-corrected chi connectivity index (χ2v) is 7.60. The Labute approximate surface area is 129 Å². The molecular formula is C13H20N2O4S2. The van der Waals surface area contributed by atoms with Gasteiger partial charge in [-0.05, 0) is 19.1 Å². The van der Waals surface area contributed by atoms with Crippen LogP contribution in [-0.2, 0) is 19.6 Å². The summed E-state index contributed by atoms with van der Waals surface area (Å²) in [6.07, 6.45) is 0. The molecular weight excluding hydrogens is 312 g/mol. The van der Waals surface area contributed by atoms with Crippen LogP contribution in [0.1, 0.15) is 6.92 Å². The summed E-state index contributed by atoms with van der Waals surface area (Å²) in [7, 11) is -2.12. The summed E-state index contributed by atoms with van der Waals surface area (Å²) in [4.78, 5) is 12.1. The first kappa shape index (κ1) is 17.8. The Bertz CT molecular complexity index is 575. The highest BCUT2D eigenvalue weighted by atomic mass is 32.2. The van der Waals surface area contributed by atoms with E-state index in [4.69, 9.17) is 10.5 Å². The van der Waals surface area contributed by atoms with Crippen LogP contribution in [0.5, 0.6) is 0 Å². The Balaban J connectivity index is 2.49. The van der Waals surface area contributed by atoms with E-state index in [0.717, 1.165) is 9.20 Å². The molecule has 0 heterocycles. The van der Waals surface area contributed by atoms with Crippen LogP contribution in [0.15, 0.2) is 29.2 Å². The van der Waals surface area contributed by atoms with Crippen molar-refractivity contribution in [3.05, 3.63) is 24.3 Å². The van der Waals surface area contributed by atoms with Crippen LogP contribution in [0.2, 0.25) is 0 Å². The number of thioether (sulfide) groups is 1. The van der Waals surface area contributed by atoms with Gasteiger partial charge in [-0.2, -0.15) is 4.31 Å². The first-order valence-electron chi connectivity index (χ1n) is 6.43. The smallest absolute Gasteiger partial charge is 0.321 e. The lowest BCUT2D eigenvalue weighted by molar-refractivity contribution is -0.143. The number of anilines is 1. The highest BCUT2D eigenvalue weighted by Crippen LogP contribution is 2.24. The van der Waals surface area contributed by atoms with E-state index in [0.29, 0.717) is 11.4 Å². The van der Waals surface area contributed by atoms with Gasteiger partial charge in [0, 0.05) is 23.4 Å². The number of nitrogens with zero attached hydrogens (tertiary/aromatic N) is 1. The van der Waals surface area contributed by atoms with E-state index in [1.54, 1.807) is 13.0 Å². The number of hydrogen-bond acceptors (Lipinski definition) is 6. The molecule has 0 spiro atoms. The van der Waals surface area contributed by atoms with Crippen molar-refractivity contribution in [2.45, 2.75) is 11.8 Å². The highest BCUT2D eigenvalue weighted by Gasteiger charge is 2.20. The number of esters is 1. The molecule has 0 unspecified atom stereocenters. The third-order valence-corrected chi connectivity index (χ3v) is 5.80. The molecule has 1 aromatic carbocycles. The van der Waals surface area contributed by atoms with Gasteiger partial charge in [0.05, 0.1) is 12.4 Å². The van der Waals surface area contributed by atoms with Gasteiger partial charge in [0.2, 0.25) is 10.0 Å². The SMILES string of the molecule is CCOC(=O)CN(C)S(=O)(=O)CCSc1ccccc1N. The fourth-order valence-electron chi connectivity index (χ4n) is 1.51. The number of ether oxygens (including phenoxy) is 1. The predicted octanol–water partition coefficient (Wildman–Crippen LogP) is 1.19. The van der Waals surface area contributed by atoms with Crippen molar-refractivity contribution < 1.29 is 17.9 Å². The second kappa shape index (κ2) is 8.26. The Morgan fingerprint density at radius 2 is 2.05 bits per heavy atom. The Kier molecular flexibility index (Phi) is 7.00. The minimum absolute atomic E-state index is 0.0676. The summed E-state index contributed by atoms with van der Waals surface area (Å²) < 4.78 is 29.8. The topological polar surface area (TPSA) is 89.7 Å². The lowest BCUT2D eigenvalue weighted by atomic mass is 10.3. The number of hydrogen-bond donors (Lipinski definition) is 1. The molecule has 0 radical (unpaired) electrons. The maximum Gasteiger partial charge on any atom is 0.321 e. The van der Waals surface area contributed by atoms with Crippen LogP contribution in [0.3, 0.4) is 0 Å². The number of nitrogen functional groups attached to an aromatic ring is 1. The molecule has 1 aromatic rings. The fourth-order valence-corrected chi connectivity index (χ4v) is 3.93. The molecule has 118 valence electrons. The lowest BCUT2D eigenvalue weighted by Gasteiger charge is -2.16. The van der Waals surface area contributed by atoms with Crippen molar-refractivity contribution in [2.75, 3.05) is 37.4 Å². The van der Waals surface area contributed by atoms with Crippen molar-refractivity contribution in [3.8, 4) is 0 Å². The summed E-state index contributed by atoms with van der Waals surface area (Å²) in [6, 6.07) is 7.28. The third kappa shape index (κ3) is 5.94. The molecule has 21 heavy (non-hydrogen) atoms. The van der Waals surface area contributed by atoms with E-state index in [9.17, 15) is 13.2 Å². The van der Waals surface area contributed by atoms with Gasteiger partial charge in [-0.1, -0.05) is 12.1 Å². The number of likely N-dealkylation sites (N-methyl/N-ethyl adjacent to an activating group) is 1. The lowest BCUT2D eigenvalue weighted by Crippen LogP contribution is -2.35. The number of sulfonamides is 1. The van der Waals surface area contributed by atoms with Gasteiger partial charge in [0.25, 0.3) is 0 Å². The number of para-hydroxylation sites is 1. The van der Waals surface area contributed by atoms with Crippen LogP contribution < -0.4 is 5.73 Å². The van der Waals surface area contributed by atoms with E-state index in [2.05, 4.69) is 0 Å². The van der Waals surface area contributed by atoms with E-state index in [1.807, 2.05) is 18.2 Å². The van der Waals surface area contributed by atoms with Gasteiger partial charge in [-0.3, -0.25) is 4.79 Å². The van der Waals surface area contributed by atoms with E-state index >= 15 is 0 Å². The molecule has 0 aliphatic heterocycles. The van der Waals surface area contributed by atoms with Crippen molar-refractivity contribution in [1.82, 2.24) is 4.31 Å². The molecule has 0 aliphatic rings. The van der Waals surface area contributed by atoms with E-state index < -0.39 is 16.0 Å². The molecule has 0 fully saturated rings. The van der Waals surface area contributed by atoms with Gasteiger partial charge < -0.3 is 10.5 Å². The number of benzene rings is 1. The van der Waals surface area contributed by atoms with Crippen molar-refractivity contribution >= 4 is 33.4 Å². The van der Waals surface area contributed by atoms with E-state index in [-0.39, 0.29) is 18.9 Å². The zero-order valence-corrected chi connectivity index (χ0v) is 13.7. The maximum atomic E-state index is 12.0. The zero-order chi connectivity index (χ0) is 15.9. The van der Waals surface area contributed by atoms with Gasteiger partial charge in [-0.25, -0.2) is 8.42 Å². The quantitative estimate of drug-likeness (QED) is 0.437. The van der Waals surface area contributed by atoms with Crippen molar-refractivity contribution in [2.24, 2.45) is 0 Å². The third-order valence-electron chi connectivity index (χ3n) is 2.65. The number of carbonyl (C=O) groups excluding carboxylic acids is 1. The van der Waals surface area contributed by atoms with Gasteiger partial charge in [0.15, 0.2) is 0 Å². The summed E-state index contributed by atoms with van der Waals surface area (Å²) in [6.45, 7) is 1.64. The molecule has 0 aromatic heterocycles. The minimum atomic E-state index is -3.49. The van der Waals surface area contributed by atoms with Crippen LogP contribution in [0, 0.1) is 0 Å². The summed E-state index contributed by atoms with van der Waals surface area (Å²) in [5.74, 6) is -0.255. The number of rotatable bonds is 8. The van der Waals surface area contributed by atoms with Gasteiger partial charge >= 0.3 is 5.97 Å². The molecule has 0 saturated heterocycles. The molecule has 6 nitrogen and oxygen atoms in total. The van der Waals surface area contributed by atoms with Crippen molar-refractivity contribution in [3.63, 3.8) is 0 Å². The molecule has 0 amide bonds. The highest BCUT2D eigenvalue weighted by molar-refractivity contribution is 8.00. The fraction of sp³-hybridized carbons (Fsp3) is 0.462. The first-order valence-corrected chi connectivity index (χ1v) is 9.03. The van der Waals surface area contributed by atoms with E-state index in [1.165, 1.54) is 18.8 Å². The molecule has 0 bridgehead atoms. The second-order valence-electron chi connectivity index (χ2n) is 4.26. The molecule has 8 heteroatoms. The van der Waals surface area contributed by atoms with Crippen LogP contribution in [0.25, 0.3) is 0 Å². The Morgan fingerprint density at radius 3 is 2.67 bits per heavy atom. The summed E-state index contributed by atoms with van der Waals surface area (Å²) in [5, 5.41) is 0. The monoisotopic (exact) mass is 332 g/mol.